The van der Waals surface area contributed by atoms with Gasteiger partial charge >= 0.3 is 0 Å². The van der Waals surface area contributed by atoms with E-state index in [4.69, 9.17) is 17.3 Å². The molecule has 19 heavy (non-hydrogen) atoms. The predicted octanol–water partition coefficient (Wildman–Crippen LogP) is 2.73. The molecule has 1 unspecified atom stereocenters. The Balaban J connectivity index is 2.30. The molecule has 0 saturated carbocycles. The average Bonchev–Trinajstić information content (AvgIpc) is 2.40. The summed E-state index contributed by atoms with van der Waals surface area (Å²) in [4.78, 5) is 12.6. The van der Waals surface area contributed by atoms with E-state index in [-0.39, 0.29) is 10.7 Å². The third-order valence-corrected chi connectivity index (χ3v) is 3.96. The first kappa shape index (κ1) is 14.1. The number of nitrogens with two attached hydrogens (primary N) is 1. The number of nitro groups is 1. The van der Waals surface area contributed by atoms with Crippen molar-refractivity contribution in [2.24, 2.45) is 11.7 Å². The van der Waals surface area contributed by atoms with E-state index in [1.807, 2.05) is 6.92 Å². The van der Waals surface area contributed by atoms with Crippen LogP contribution in [0.25, 0.3) is 0 Å². The van der Waals surface area contributed by atoms with Crippen LogP contribution in [0.5, 0.6) is 0 Å². The number of benzene rings is 1. The van der Waals surface area contributed by atoms with Gasteiger partial charge < -0.3 is 10.6 Å². The monoisotopic (exact) mass is 283 g/mol. The molecule has 1 heterocycles. The maximum atomic E-state index is 10.9. The SMILES string of the molecule is Cc1cc([N+](=O)[O-])c(Cl)cc1N1CCCC(CN)C1. The molecule has 1 atom stereocenters. The lowest BCUT2D eigenvalue weighted by atomic mass is 9.97. The topological polar surface area (TPSA) is 72.4 Å². The number of halogens is 1. The molecule has 0 aliphatic carbocycles. The van der Waals surface area contributed by atoms with E-state index in [1.165, 1.54) is 0 Å². The standard InChI is InChI=1S/C13H18ClN3O2/c1-9-5-13(17(18)19)11(14)6-12(9)16-4-2-3-10(7-15)8-16/h5-6,10H,2-4,7-8,15H2,1H3. The van der Waals surface area contributed by atoms with Crippen molar-refractivity contribution in [3.8, 4) is 0 Å². The third-order valence-electron chi connectivity index (χ3n) is 3.66. The van der Waals surface area contributed by atoms with Crippen molar-refractivity contribution in [2.75, 3.05) is 24.5 Å². The highest BCUT2D eigenvalue weighted by Gasteiger charge is 2.23. The first-order valence-electron chi connectivity index (χ1n) is 6.42. The number of rotatable bonds is 3. The number of piperidine rings is 1. The zero-order valence-corrected chi connectivity index (χ0v) is 11.7. The lowest BCUT2D eigenvalue weighted by Gasteiger charge is -2.34. The highest BCUT2D eigenvalue weighted by atomic mass is 35.5. The zero-order chi connectivity index (χ0) is 14.0. The summed E-state index contributed by atoms with van der Waals surface area (Å²) in [6, 6.07) is 3.25. The molecule has 5 nitrogen and oxygen atoms in total. The van der Waals surface area contributed by atoms with Crippen molar-refractivity contribution < 1.29 is 4.92 Å². The van der Waals surface area contributed by atoms with Crippen LogP contribution in [-0.4, -0.2) is 24.6 Å². The Kier molecular flexibility index (Phi) is 4.27. The van der Waals surface area contributed by atoms with Crippen LogP contribution < -0.4 is 10.6 Å². The number of aryl methyl sites for hydroxylation is 1. The lowest BCUT2D eigenvalue weighted by molar-refractivity contribution is -0.384. The molecule has 1 aliphatic heterocycles. The zero-order valence-electron chi connectivity index (χ0n) is 10.9. The molecule has 1 fully saturated rings. The van der Waals surface area contributed by atoms with Crippen LogP contribution in [0.2, 0.25) is 5.02 Å². The Labute approximate surface area is 117 Å². The summed E-state index contributed by atoms with van der Waals surface area (Å²) in [5.74, 6) is 0.488. The number of anilines is 1. The lowest BCUT2D eigenvalue weighted by Crippen LogP contribution is -2.38. The summed E-state index contributed by atoms with van der Waals surface area (Å²) in [6.45, 7) is 4.40. The summed E-state index contributed by atoms with van der Waals surface area (Å²) in [6.07, 6.45) is 2.24. The van der Waals surface area contributed by atoms with Gasteiger partial charge in [-0.15, -0.1) is 0 Å². The molecule has 0 radical (unpaired) electrons. The van der Waals surface area contributed by atoms with Crippen LogP contribution in [-0.2, 0) is 0 Å². The number of nitro benzene ring substituents is 1. The highest BCUT2D eigenvalue weighted by molar-refractivity contribution is 6.33. The maximum Gasteiger partial charge on any atom is 0.288 e. The minimum atomic E-state index is -0.446. The average molecular weight is 284 g/mol. The quantitative estimate of drug-likeness (QED) is 0.684. The number of nitrogens with zero attached hydrogens (tertiary/aromatic N) is 2. The van der Waals surface area contributed by atoms with Gasteiger partial charge in [0.2, 0.25) is 0 Å². The fourth-order valence-electron chi connectivity index (χ4n) is 2.61. The van der Waals surface area contributed by atoms with E-state index in [0.717, 1.165) is 37.2 Å². The third kappa shape index (κ3) is 2.98. The number of hydrogen-bond acceptors (Lipinski definition) is 4. The summed E-state index contributed by atoms with van der Waals surface area (Å²) >= 11 is 5.99. The normalized spacial score (nSPS) is 19.5. The van der Waals surface area contributed by atoms with Gasteiger partial charge in [-0.1, -0.05) is 11.6 Å². The fourth-order valence-corrected chi connectivity index (χ4v) is 2.84. The van der Waals surface area contributed by atoms with Crippen molar-refractivity contribution in [1.29, 1.82) is 0 Å². The maximum absolute atomic E-state index is 10.9. The van der Waals surface area contributed by atoms with E-state index in [9.17, 15) is 10.1 Å². The van der Waals surface area contributed by atoms with Gasteiger partial charge in [-0.05, 0) is 43.9 Å². The van der Waals surface area contributed by atoms with Gasteiger partial charge in [0.05, 0.1) is 4.92 Å². The Hall–Kier alpha value is -1.33. The molecule has 0 bridgehead atoms. The molecule has 0 spiro atoms. The molecule has 1 aliphatic rings. The second kappa shape index (κ2) is 5.75. The summed E-state index contributed by atoms with van der Waals surface area (Å²) in [5, 5.41) is 11.0. The van der Waals surface area contributed by atoms with Gasteiger partial charge in [0, 0.05) is 24.8 Å². The summed E-state index contributed by atoms with van der Waals surface area (Å²) < 4.78 is 0. The van der Waals surface area contributed by atoms with Crippen molar-refractivity contribution in [1.82, 2.24) is 0 Å². The minimum Gasteiger partial charge on any atom is -0.371 e. The van der Waals surface area contributed by atoms with Crippen molar-refractivity contribution in [3.05, 3.63) is 32.8 Å². The van der Waals surface area contributed by atoms with Crippen molar-refractivity contribution in [2.45, 2.75) is 19.8 Å². The fraction of sp³-hybridized carbons (Fsp3) is 0.538. The molecule has 0 aromatic heterocycles. The van der Waals surface area contributed by atoms with Gasteiger partial charge in [0.25, 0.3) is 5.69 Å². The highest BCUT2D eigenvalue weighted by Crippen LogP contribution is 2.34. The molecular formula is C13H18ClN3O2. The first-order valence-corrected chi connectivity index (χ1v) is 6.80. The van der Waals surface area contributed by atoms with E-state index >= 15 is 0 Å². The van der Waals surface area contributed by atoms with Crippen LogP contribution >= 0.6 is 11.6 Å². The molecular weight excluding hydrogens is 266 g/mol. The molecule has 6 heteroatoms. The van der Waals surface area contributed by atoms with Crippen molar-refractivity contribution >= 4 is 23.0 Å². The summed E-state index contributed by atoms with van der Waals surface area (Å²) in [5.41, 5.74) is 7.56. The van der Waals surface area contributed by atoms with Gasteiger partial charge in [0.1, 0.15) is 5.02 Å². The predicted molar refractivity (Wildman–Crippen MR) is 76.8 cm³/mol. The van der Waals surface area contributed by atoms with Gasteiger partial charge in [-0.25, -0.2) is 0 Å². The van der Waals surface area contributed by atoms with Gasteiger partial charge in [0.15, 0.2) is 0 Å². The molecule has 104 valence electrons. The van der Waals surface area contributed by atoms with Crippen LogP contribution in [0.15, 0.2) is 12.1 Å². The van der Waals surface area contributed by atoms with E-state index in [0.29, 0.717) is 12.5 Å². The van der Waals surface area contributed by atoms with Crippen LogP contribution in [0, 0.1) is 23.0 Å². The molecule has 2 rings (SSSR count). The Bertz CT molecular complexity index is 493. The second-order valence-electron chi connectivity index (χ2n) is 5.04. The Morgan fingerprint density at radius 2 is 2.32 bits per heavy atom. The first-order chi connectivity index (χ1) is 9.02. The van der Waals surface area contributed by atoms with E-state index in [1.54, 1.807) is 12.1 Å². The smallest absolute Gasteiger partial charge is 0.288 e. The van der Waals surface area contributed by atoms with Gasteiger partial charge in [-0.2, -0.15) is 0 Å². The Morgan fingerprint density at radius 3 is 2.95 bits per heavy atom. The molecule has 1 aromatic rings. The van der Waals surface area contributed by atoms with Crippen LogP contribution in [0.1, 0.15) is 18.4 Å². The van der Waals surface area contributed by atoms with Crippen LogP contribution in [0.3, 0.4) is 0 Å². The number of hydrogen-bond donors (Lipinski definition) is 1. The molecule has 2 N–H and O–H groups in total. The molecule has 1 saturated heterocycles. The summed E-state index contributed by atoms with van der Waals surface area (Å²) in [7, 11) is 0. The largest absolute Gasteiger partial charge is 0.371 e. The molecule has 1 aromatic carbocycles. The molecule has 0 amide bonds. The van der Waals surface area contributed by atoms with Crippen molar-refractivity contribution in [3.63, 3.8) is 0 Å². The van der Waals surface area contributed by atoms with Crippen LogP contribution in [0.4, 0.5) is 11.4 Å². The van der Waals surface area contributed by atoms with E-state index < -0.39 is 4.92 Å². The van der Waals surface area contributed by atoms with Gasteiger partial charge in [-0.3, -0.25) is 10.1 Å². The van der Waals surface area contributed by atoms with E-state index in [2.05, 4.69) is 4.90 Å². The minimum absolute atomic E-state index is 0.0321. The second-order valence-corrected chi connectivity index (χ2v) is 5.44. The Morgan fingerprint density at radius 1 is 1.58 bits per heavy atom.